The third kappa shape index (κ3) is 1.77. The van der Waals surface area contributed by atoms with E-state index in [1.165, 1.54) is 6.07 Å². The summed E-state index contributed by atoms with van der Waals surface area (Å²) in [5.41, 5.74) is 0. The van der Waals surface area contributed by atoms with Crippen molar-refractivity contribution in [3.8, 4) is 0 Å². The zero-order valence-corrected chi connectivity index (χ0v) is 7.40. The minimum atomic E-state index is -4.38. The van der Waals surface area contributed by atoms with Crippen LogP contribution in [0, 0.1) is 0 Å². The van der Waals surface area contributed by atoms with Crippen molar-refractivity contribution in [1.82, 2.24) is 5.32 Å². The molecule has 1 aromatic rings. The maximum atomic E-state index is 12.2. The second-order valence-electron chi connectivity index (χ2n) is 3.35. The maximum Gasteiger partial charge on any atom is 0.449 e. The molecule has 78 valence electrons. The lowest BCUT2D eigenvalue weighted by Crippen LogP contribution is -2.12. The van der Waals surface area contributed by atoms with Gasteiger partial charge in [-0.2, -0.15) is 13.2 Å². The number of rotatable bonds is 1. The van der Waals surface area contributed by atoms with Gasteiger partial charge in [0.15, 0.2) is 0 Å². The van der Waals surface area contributed by atoms with E-state index in [0.717, 1.165) is 25.5 Å². The van der Waals surface area contributed by atoms with E-state index < -0.39 is 11.9 Å². The molecule has 0 aromatic carbocycles. The molecule has 2 nitrogen and oxygen atoms in total. The van der Waals surface area contributed by atoms with Crippen LogP contribution in [0.25, 0.3) is 0 Å². The van der Waals surface area contributed by atoms with Crippen molar-refractivity contribution in [3.05, 3.63) is 23.7 Å². The first-order valence-electron chi connectivity index (χ1n) is 4.48. The Morgan fingerprint density at radius 3 is 2.64 bits per heavy atom. The molecule has 1 atom stereocenters. The quantitative estimate of drug-likeness (QED) is 0.762. The minimum Gasteiger partial charge on any atom is -0.455 e. The summed E-state index contributed by atoms with van der Waals surface area (Å²) in [4.78, 5) is 0. The van der Waals surface area contributed by atoms with Crippen LogP contribution in [-0.2, 0) is 6.18 Å². The Hall–Kier alpha value is -0.970. The summed E-state index contributed by atoms with van der Waals surface area (Å²) in [5.74, 6) is -0.531. The maximum absolute atomic E-state index is 12.2. The molecule has 2 rings (SSSR count). The largest absolute Gasteiger partial charge is 0.455 e. The molecule has 0 amide bonds. The highest BCUT2D eigenvalue weighted by Crippen LogP contribution is 2.33. The zero-order valence-electron chi connectivity index (χ0n) is 7.40. The van der Waals surface area contributed by atoms with Crippen LogP contribution in [-0.4, -0.2) is 6.54 Å². The third-order valence-corrected chi connectivity index (χ3v) is 2.31. The summed E-state index contributed by atoms with van der Waals surface area (Å²) in [6.45, 7) is 0.840. The summed E-state index contributed by atoms with van der Waals surface area (Å²) in [6.07, 6.45) is -2.56. The average molecular weight is 205 g/mol. The summed E-state index contributed by atoms with van der Waals surface area (Å²) < 4.78 is 41.3. The Kier molecular flexibility index (Phi) is 2.26. The molecule has 5 heteroatoms. The van der Waals surface area contributed by atoms with E-state index in [4.69, 9.17) is 4.42 Å². The smallest absolute Gasteiger partial charge is 0.449 e. The SMILES string of the molecule is FC(F)(F)c1ccc(C2CCCN2)o1. The van der Waals surface area contributed by atoms with Crippen molar-refractivity contribution < 1.29 is 17.6 Å². The number of halogens is 3. The molecule has 1 unspecified atom stereocenters. The average Bonchev–Trinajstić information content (AvgIpc) is 2.73. The standard InChI is InChI=1S/C9H10F3NO/c10-9(11,12)8-4-3-7(14-8)6-2-1-5-13-6/h3-4,6,13H,1-2,5H2. The minimum absolute atomic E-state index is 0.0499. The molecular formula is C9H10F3NO. The van der Waals surface area contributed by atoms with Gasteiger partial charge in [0.1, 0.15) is 5.76 Å². The first-order valence-corrected chi connectivity index (χ1v) is 4.48. The van der Waals surface area contributed by atoms with Gasteiger partial charge in [-0.25, -0.2) is 0 Å². The molecule has 0 aliphatic carbocycles. The van der Waals surface area contributed by atoms with Gasteiger partial charge in [-0.15, -0.1) is 0 Å². The molecule has 1 aromatic heterocycles. The Balaban J connectivity index is 2.17. The van der Waals surface area contributed by atoms with Crippen LogP contribution < -0.4 is 5.32 Å². The van der Waals surface area contributed by atoms with Crippen molar-refractivity contribution in [2.24, 2.45) is 0 Å². The first-order chi connectivity index (χ1) is 6.57. The summed E-state index contributed by atoms with van der Waals surface area (Å²) in [5, 5.41) is 3.08. The van der Waals surface area contributed by atoms with Gasteiger partial charge in [-0.3, -0.25) is 0 Å². The van der Waals surface area contributed by atoms with E-state index in [-0.39, 0.29) is 6.04 Å². The van der Waals surface area contributed by atoms with Crippen LogP contribution in [0.4, 0.5) is 13.2 Å². The van der Waals surface area contributed by atoms with E-state index in [0.29, 0.717) is 5.76 Å². The molecule has 1 aliphatic rings. The predicted molar refractivity (Wildman–Crippen MR) is 43.7 cm³/mol. The van der Waals surface area contributed by atoms with Crippen molar-refractivity contribution >= 4 is 0 Å². The van der Waals surface area contributed by atoms with Gasteiger partial charge in [0, 0.05) is 0 Å². The van der Waals surface area contributed by atoms with Crippen molar-refractivity contribution in [3.63, 3.8) is 0 Å². The second-order valence-corrected chi connectivity index (χ2v) is 3.35. The number of nitrogens with one attached hydrogen (secondary N) is 1. The fraction of sp³-hybridized carbons (Fsp3) is 0.556. The van der Waals surface area contributed by atoms with Crippen LogP contribution in [0.5, 0.6) is 0 Å². The molecule has 1 N–H and O–H groups in total. The molecule has 1 saturated heterocycles. The fourth-order valence-corrected chi connectivity index (χ4v) is 1.62. The van der Waals surface area contributed by atoms with Gasteiger partial charge in [-0.05, 0) is 31.5 Å². The van der Waals surface area contributed by atoms with Crippen LogP contribution >= 0.6 is 0 Å². The molecule has 1 fully saturated rings. The number of hydrogen-bond acceptors (Lipinski definition) is 2. The lowest BCUT2D eigenvalue weighted by molar-refractivity contribution is -0.153. The normalized spacial score (nSPS) is 22.9. The van der Waals surface area contributed by atoms with Crippen LogP contribution in [0.15, 0.2) is 16.5 Å². The molecule has 0 saturated carbocycles. The number of furan rings is 1. The number of alkyl halides is 3. The van der Waals surface area contributed by atoms with Gasteiger partial charge < -0.3 is 9.73 Å². The zero-order chi connectivity index (χ0) is 10.2. The molecule has 0 radical (unpaired) electrons. The van der Waals surface area contributed by atoms with E-state index >= 15 is 0 Å². The molecule has 2 heterocycles. The summed E-state index contributed by atoms with van der Waals surface area (Å²) in [6, 6.07) is 2.33. The Morgan fingerprint density at radius 1 is 1.36 bits per heavy atom. The highest BCUT2D eigenvalue weighted by Gasteiger charge is 2.35. The van der Waals surface area contributed by atoms with Crippen LogP contribution in [0.1, 0.15) is 30.4 Å². The van der Waals surface area contributed by atoms with Crippen LogP contribution in [0.3, 0.4) is 0 Å². The molecule has 0 spiro atoms. The molecule has 0 bridgehead atoms. The molecule has 1 aliphatic heterocycles. The van der Waals surface area contributed by atoms with Crippen LogP contribution in [0.2, 0.25) is 0 Å². The van der Waals surface area contributed by atoms with E-state index in [9.17, 15) is 13.2 Å². The Morgan fingerprint density at radius 2 is 2.14 bits per heavy atom. The topological polar surface area (TPSA) is 25.2 Å². The third-order valence-electron chi connectivity index (χ3n) is 2.31. The highest BCUT2D eigenvalue weighted by molar-refractivity contribution is 5.13. The van der Waals surface area contributed by atoms with Gasteiger partial charge in [0.2, 0.25) is 5.76 Å². The lowest BCUT2D eigenvalue weighted by Gasteiger charge is -2.06. The van der Waals surface area contributed by atoms with Gasteiger partial charge in [-0.1, -0.05) is 0 Å². The lowest BCUT2D eigenvalue weighted by atomic mass is 10.2. The van der Waals surface area contributed by atoms with Gasteiger partial charge >= 0.3 is 6.18 Å². The second kappa shape index (κ2) is 3.31. The Bertz CT molecular complexity index is 312. The summed E-state index contributed by atoms with van der Waals surface area (Å²) >= 11 is 0. The van der Waals surface area contributed by atoms with Crippen molar-refractivity contribution in [2.45, 2.75) is 25.1 Å². The van der Waals surface area contributed by atoms with E-state index in [1.54, 1.807) is 0 Å². The van der Waals surface area contributed by atoms with E-state index in [2.05, 4.69) is 5.32 Å². The fourth-order valence-electron chi connectivity index (χ4n) is 1.62. The van der Waals surface area contributed by atoms with Crippen molar-refractivity contribution in [2.75, 3.05) is 6.54 Å². The predicted octanol–water partition coefficient (Wildman–Crippen LogP) is 2.72. The Labute approximate surface area is 79.1 Å². The van der Waals surface area contributed by atoms with Gasteiger partial charge in [0.25, 0.3) is 0 Å². The molecular weight excluding hydrogens is 195 g/mol. The number of hydrogen-bond donors (Lipinski definition) is 1. The highest BCUT2D eigenvalue weighted by atomic mass is 19.4. The van der Waals surface area contributed by atoms with Gasteiger partial charge in [0.05, 0.1) is 6.04 Å². The van der Waals surface area contributed by atoms with E-state index in [1.807, 2.05) is 0 Å². The van der Waals surface area contributed by atoms with Crippen molar-refractivity contribution in [1.29, 1.82) is 0 Å². The monoisotopic (exact) mass is 205 g/mol. The summed E-state index contributed by atoms with van der Waals surface area (Å²) in [7, 11) is 0. The molecule has 14 heavy (non-hydrogen) atoms. The first kappa shape index (κ1) is 9.58.